The topological polar surface area (TPSA) is 91.1 Å². The van der Waals surface area contributed by atoms with Crippen LogP contribution >= 0.6 is 11.6 Å². The molecule has 2 heterocycles. The molecular formula is C17H22ClN5O2. The molecule has 0 radical (unpaired) electrons. The second kappa shape index (κ2) is 6.68. The van der Waals surface area contributed by atoms with Crippen LogP contribution in [0.15, 0.2) is 6.20 Å². The smallest absolute Gasteiger partial charge is 0.410 e. The van der Waals surface area contributed by atoms with Crippen molar-refractivity contribution >= 4 is 23.5 Å². The Morgan fingerprint density at radius 2 is 2.04 bits per heavy atom. The maximum absolute atomic E-state index is 12.2. The van der Waals surface area contributed by atoms with Crippen molar-refractivity contribution < 1.29 is 9.53 Å². The fourth-order valence-corrected chi connectivity index (χ4v) is 3.77. The Hall–Kier alpha value is -2.07. The second-order valence-electron chi connectivity index (χ2n) is 7.73. The highest BCUT2D eigenvalue weighted by molar-refractivity contribution is 6.28. The molecule has 2 unspecified atom stereocenters. The zero-order valence-electron chi connectivity index (χ0n) is 14.6. The molecule has 1 aliphatic carbocycles. The maximum atomic E-state index is 12.2. The molecule has 0 aromatic carbocycles. The van der Waals surface area contributed by atoms with Crippen LogP contribution in [-0.4, -0.2) is 45.7 Å². The summed E-state index contributed by atoms with van der Waals surface area (Å²) in [6, 6.07) is 2.29. The summed E-state index contributed by atoms with van der Waals surface area (Å²) in [4.78, 5) is 22.0. The second-order valence-corrected chi connectivity index (χ2v) is 8.07. The van der Waals surface area contributed by atoms with Gasteiger partial charge in [-0.15, -0.1) is 0 Å². The Bertz CT molecular complexity index is 698. The number of anilines is 1. The fourth-order valence-electron chi connectivity index (χ4n) is 3.64. The molecule has 7 nitrogen and oxygen atoms in total. The number of nitrogens with zero attached hydrogens (tertiary/aromatic N) is 4. The third-order valence-corrected chi connectivity index (χ3v) is 4.81. The number of nitrogens with one attached hydrogen (secondary N) is 1. The molecule has 2 fully saturated rings. The number of carbonyl (C=O) groups excluding carboxylic acids is 1. The lowest BCUT2D eigenvalue weighted by Gasteiger charge is -2.25. The minimum atomic E-state index is -0.473. The Labute approximate surface area is 152 Å². The molecule has 2 atom stereocenters. The number of likely N-dealkylation sites (tertiary alicyclic amines) is 1. The lowest BCUT2D eigenvalue weighted by Crippen LogP contribution is -2.36. The van der Waals surface area contributed by atoms with Gasteiger partial charge in [-0.1, -0.05) is 0 Å². The lowest BCUT2D eigenvalue weighted by atomic mass is 10.0. The van der Waals surface area contributed by atoms with Gasteiger partial charge in [-0.3, -0.25) is 0 Å². The van der Waals surface area contributed by atoms with Crippen LogP contribution in [0.5, 0.6) is 0 Å². The minimum Gasteiger partial charge on any atom is -0.444 e. The molecule has 1 aliphatic heterocycles. The molecule has 8 heteroatoms. The average molecular weight is 364 g/mol. The van der Waals surface area contributed by atoms with E-state index in [1.807, 2.05) is 20.8 Å². The van der Waals surface area contributed by atoms with E-state index in [-0.39, 0.29) is 17.4 Å². The van der Waals surface area contributed by atoms with Gasteiger partial charge in [-0.2, -0.15) is 10.2 Å². The van der Waals surface area contributed by atoms with Crippen LogP contribution in [0.1, 0.15) is 39.2 Å². The molecule has 0 bridgehead atoms. The number of fused-ring (bicyclic) bond motifs is 1. The van der Waals surface area contributed by atoms with Crippen LogP contribution in [0.2, 0.25) is 5.28 Å². The molecule has 25 heavy (non-hydrogen) atoms. The number of carbonyl (C=O) groups is 1. The molecule has 1 aromatic heterocycles. The van der Waals surface area contributed by atoms with E-state index in [0.29, 0.717) is 36.3 Å². The average Bonchev–Trinajstić information content (AvgIpc) is 3.04. The number of nitriles is 1. The first-order valence-corrected chi connectivity index (χ1v) is 8.80. The van der Waals surface area contributed by atoms with Gasteiger partial charge in [0.1, 0.15) is 23.1 Å². The van der Waals surface area contributed by atoms with Crippen LogP contribution in [0.25, 0.3) is 0 Å². The van der Waals surface area contributed by atoms with Crippen molar-refractivity contribution in [1.82, 2.24) is 14.9 Å². The van der Waals surface area contributed by atoms with Crippen molar-refractivity contribution in [3.8, 4) is 6.07 Å². The van der Waals surface area contributed by atoms with E-state index >= 15 is 0 Å². The monoisotopic (exact) mass is 363 g/mol. The third-order valence-electron chi connectivity index (χ3n) is 4.62. The highest BCUT2D eigenvalue weighted by Gasteiger charge is 2.43. The predicted molar refractivity (Wildman–Crippen MR) is 93.2 cm³/mol. The molecule has 0 spiro atoms. The van der Waals surface area contributed by atoms with E-state index in [1.54, 1.807) is 4.90 Å². The van der Waals surface area contributed by atoms with Crippen molar-refractivity contribution in [2.75, 3.05) is 18.4 Å². The van der Waals surface area contributed by atoms with Gasteiger partial charge >= 0.3 is 6.09 Å². The van der Waals surface area contributed by atoms with Crippen molar-refractivity contribution in [3.05, 3.63) is 17.0 Å². The first-order chi connectivity index (χ1) is 11.7. The Morgan fingerprint density at radius 1 is 1.40 bits per heavy atom. The van der Waals surface area contributed by atoms with E-state index in [1.165, 1.54) is 6.20 Å². The highest BCUT2D eigenvalue weighted by atomic mass is 35.5. The van der Waals surface area contributed by atoms with Crippen LogP contribution in [-0.2, 0) is 4.74 Å². The quantitative estimate of drug-likeness (QED) is 0.812. The number of halogens is 1. The van der Waals surface area contributed by atoms with Gasteiger partial charge in [0.25, 0.3) is 0 Å². The van der Waals surface area contributed by atoms with Gasteiger partial charge in [-0.25, -0.2) is 9.78 Å². The highest BCUT2D eigenvalue weighted by Crippen LogP contribution is 2.39. The summed E-state index contributed by atoms with van der Waals surface area (Å²) in [6.45, 7) is 7.06. The number of hydrogen-bond acceptors (Lipinski definition) is 6. The third kappa shape index (κ3) is 4.13. The van der Waals surface area contributed by atoms with E-state index in [2.05, 4.69) is 21.4 Å². The molecule has 3 rings (SSSR count). The molecule has 1 saturated heterocycles. The van der Waals surface area contributed by atoms with Crippen molar-refractivity contribution in [2.24, 2.45) is 11.8 Å². The molecule has 1 N–H and O–H groups in total. The first kappa shape index (κ1) is 17.7. The summed E-state index contributed by atoms with van der Waals surface area (Å²) in [7, 11) is 0. The van der Waals surface area contributed by atoms with Gasteiger partial charge in [0.05, 0.1) is 6.20 Å². The van der Waals surface area contributed by atoms with Gasteiger partial charge in [0, 0.05) is 19.1 Å². The maximum Gasteiger partial charge on any atom is 0.410 e. The van der Waals surface area contributed by atoms with Gasteiger partial charge in [-0.05, 0) is 57.0 Å². The van der Waals surface area contributed by atoms with Gasteiger partial charge in [0.2, 0.25) is 5.28 Å². The van der Waals surface area contributed by atoms with Crippen molar-refractivity contribution in [2.45, 2.75) is 45.3 Å². The molecule has 134 valence electrons. The van der Waals surface area contributed by atoms with Crippen LogP contribution < -0.4 is 5.32 Å². The summed E-state index contributed by atoms with van der Waals surface area (Å²) in [6.07, 6.45) is 3.05. The van der Waals surface area contributed by atoms with Crippen LogP contribution in [0.3, 0.4) is 0 Å². The van der Waals surface area contributed by atoms with E-state index in [4.69, 9.17) is 21.6 Å². The number of hydrogen-bond donors (Lipinski definition) is 1. The Morgan fingerprint density at radius 3 is 2.60 bits per heavy atom. The summed E-state index contributed by atoms with van der Waals surface area (Å²) < 4.78 is 5.46. The zero-order chi connectivity index (χ0) is 18.2. The number of rotatable bonds is 2. The van der Waals surface area contributed by atoms with E-state index in [0.717, 1.165) is 12.8 Å². The largest absolute Gasteiger partial charge is 0.444 e. The van der Waals surface area contributed by atoms with Crippen molar-refractivity contribution in [1.29, 1.82) is 5.26 Å². The molecule has 2 aliphatic rings. The van der Waals surface area contributed by atoms with E-state index in [9.17, 15) is 4.79 Å². The molecular weight excluding hydrogens is 342 g/mol. The normalized spacial score (nSPS) is 25.4. The lowest BCUT2D eigenvalue weighted by molar-refractivity contribution is 0.0280. The number of amides is 1. The summed E-state index contributed by atoms with van der Waals surface area (Å²) in [5.41, 5.74) is -0.0874. The molecule has 1 amide bonds. The van der Waals surface area contributed by atoms with Gasteiger partial charge < -0.3 is 15.0 Å². The van der Waals surface area contributed by atoms with Gasteiger partial charge in [0.15, 0.2) is 0 Å². The number of aromatic nitrogens is 2. The number of ether oxygens (including phenoxy) is 1. The zero-order valence-corrected chi connectivity index (χ0v) is 15.4. The minimum absolute atomic E-state index is 0.121. The first-order valence-electron chi connectivity index (χ1n) is 8.42. The SMILES string of the molecule is CC(C)(C)OC(=O)N1CC2CC(Nc3nc(Cl)ncc3C#N)CC2C1. The summed E-state index contributed by atoms with van der Waals surface area (Å²) in [5.74, 6) is 1.36. The van der Waals surface area contributed by atoms with E-state index < -0.39 is 5.60 Å². The molecule has 1 saturated carbocycles. The summed E-state index contributed by atoms with van der Waals surface area (Å²) >= 11 is 5.83. The standard InChI is InChI=1S/C17H22ClN5O2/c1-17(2,3)25-16(24)23-8-10-4-13(5-11(10)9-23)21-14-12(6-19)7-20-15(18)22-14/h7,10-11,13H,4-5,8-9H2,1-3H3,(H,20,21,22). The summed E-state index contributed by atoms with van der Waals surface area (Å²) in [5, 5.41) is 12.6. The predicted octanol–water partition coefficient (Wildman–Crippen LogP) is 3.06. The Balaban J connectivity index is 1.58. The van der Waals surface area contributed by atoms with Crippen LogP contribution in [0.4, 0.5) is 10.6 Å². The van der Waals surface area contributed by atoms with Crippen LogP contribution in [0, 0.1) is 23.2 Å². The van der Waals surface area contributed by atoms with Crippen molar-refractivity contribution in [3.63, 3.8) is 0 Å². The molecule has 1 aromatic rings. The Kier molecular flexibility index (Phi) is 4.74. The fraction of sp³-hybridized carbons (Fsp3) is 0.647.